The number of carbonyl (C=O) groups excluding carboxylic acids is 1. The number of nitrogen functional groups attached to an aromatic ring is 2. The van der Waals surface area contributed by atoms with Crippen molar-refractivity contribution in [3.8, 4) is 28.1 Å². The van der Waals surface area contributed by atoms with Gasteiger partial charge in [0.05, 0.1) is 16.7 Å². The van der Waals surface area contributed by atoms with E-state index in [1.807, 2.05) is 0 Å². The molecule has 0 radical (unpaired) electrons. The minimum absolute atomic E-state index is 0.00317. The molecule has 0 aliphatic rings. The number of rotatable bonds is 5. The van der Waals surface area contributed by atoms with E-state index in [0.717, 1.165) is 0 Å². The highest BCUT2D eigenvalue weighted by atomic mass is 16.3. The van der Waals surface area contributed by atoms with Gasteiger partial charge in [-0.1, -0.05) is 36.4 Å². The third kappa shape index (κ3) is 3.56. The predicted molar refractivity (Wildman–Crippen MR) is 110 cm³/mol. The molecule has 0 saturated carbocycles. The van der Waals surface area contributed by atoms with Crippen molar-refractivity contribution in [1.29, 1.82) is 10.8 Å². The summed E-state index contributed by atoms with van der Waals surface area (Å²) in [4.78, 5) is 27.3. The first kappa shape index (κ1) is 19.4. The van der Waals surface area contributed by atoms with Crippen molar-refractivity contribution in [2.75, 3.05) is 0 Å². The van der Waals surface area contributed by atoms with E-state index < -0.39 is 17.3 Å². The van der Waals surface area contributed by atoms with Crippen LogP contribution in [0.1, 0.15) is 21.5 Å². The predicted octanol–water partition coefficient (Wildman–Crippen LogP) is 1.08. The van der Waals surface area contributed by atoms with E-state index in [9.17, 15) is 14.7 Å². The average molecular weight is 390 g/mol. The van der Waals surface area contributed by atoms with Gasteiger partial charge in [0.25, 0.3) is 5.56 Å². The zero-order chi connectivity index (χ0) is 21.3. The second-order valence-electron chi connectivity index (χ2n) is 6.28. The van der Waals surface area contributed by atoms with Gasteiger partial charge in [-0.2, -0.15) is 0 Å². The molecule has 29 heavy (non-hydrogen) atoms. The van der Waals surface area contributed by atoms with E-state index in [1.165, 1.54) is 12.1 Å². The molecule has 10 N–H and O–H groups in total. The number of benzene rings is 2. The molecule has 3 aromatic rings. The molecule has 1 heterocycles. The van der Waals surface area contributed by atoms with E-state index in [1.54, 1.807) is 36.4 Å². The van der Waals surface area contributed by atoms with Gasteiger partial charge in [0.15, 0.2) is 5.88 Å². The molecule has 1 aromatic heterocycles. The van der Waals surface area contributed by atoms with Gasteiger partial charge in [0.2, 0.25) is 5.91 Å². The van der Waals surface area contributed by atoms with Crippen LogP contribution in [0, 0.1) is 10.8 Å². The molecule has 0 saturated heterocycles. The minimum atomic E-state index is -0.933. The SMILES string of the molecule is N=C(N)c1cccc(-c2c(O)[nH]c(=O)c(-c3cccc(C(=N)N)c3)c2C(N)=O)c1. The van der Waals surface area contributed by atoms with Crippen molar-refractivity contribution in [3.05, 3.63) is 75.6 Å². The number of carbonyl (C=O) groups is 1. The summed E-state index contributed by atoms with van der Waals surface area (Å²) < 4.78 is 0. The summed E-state index contributed by atoms with van der Waals surface area (Å²) in [5.41, 5.74) is 17.0. The molecule has 0 atom stereocenters. The number of pyridine rings is 1. The normalized spacial score (nSPS) is 10.5. The number of hydrogen-bond donors (Lipinski definition) is 7. The molecule has 1 amide bonds. The maximum absolute atomic E-state index is 12.6. The number of H-pyrrole nitrogens is 1. The molecule has 0 unspecified atom stereocenters. The van der Waals surface area contributed by atoms with Gasteiger partial charge in [0.1, 0.15) is 11.7 Å². The van der Waals surface area contributed by atoms with Crippen LogP contribution >= 0.6 is 0 Å². The van der Waals surface area contributed by atoms with Gasteiger partial charge in [-0.3, -0.25) is 25.4 Å². The Balaban J connectivity index is 2.40. The zero-order valence-corrected chi connectivity index (χ0v) is 15.1. The Labute approximate surface area is 164 Å². The van der Waals surface area contributed by atoms with Crippen molar-refractivity contribution in [2.45, 2.75) is 0 Å². The van der Waals surface area contributed by atoms with E-state index in [0.29, 0.717) is 22.3 Å². The van der Waals surface area contributed by atoms with Crippen molar-refractivity contribution in [3.63, 3.8) is 0 Å². The number of aromatic amines is 1. The van der Waals surface area contributed by atoms with Crippen molar-refractivity contribution in [1.82, 2.24) is 4.98 Å². The van der Waals surface area contributed by atoms with E-state index in [2.05, 4.69) is 4.98 Å². The Kier molecular flexibility index (Phi) is 4.88. The van der Waals surface area contributed by atoms with Gasteiger partial charge in [-0.25, -0.2) is 0 Å². The Morgan fingerprint density at radius 3 is 1.79 bits per heavy atom. The molecule has 0 fully saturated rings. The lowest BCUT2D eigenvalue weighted by molar-refractivity contribution is 0.100. The second kappa shape index (κ2) is 7.31. The van der Waals surface area contributed by atoms with Crippen LogP contribution in [0.5, 0.6) is 5.88 Å². The molecular weight excluding hydrogens is 372 g/mol. The number of nitrogens with one attached hydrogen (secondary N) is 3. The molecule has 0 bridgehead atoms. The van der Waals surface area contributed by atoms with E-state index in [-0.39, 0.29) is 28.4 Å². The highest BCUT2D eigenvalue weighted by Gasteiger charge is 2.24. The van der Waals surface area contributed by atoms with Gasteiger partial charge < -0.3 is 22.3 Å². The van der Waals surface area contributed by atoms with Gasteiger partial charge in [-0.05, 0) is 23.3 Å². The Bertz CT molecular complexity index is 1230. The van der Waals surface area contributed by atoms with Crippen molar-refractivity contribution in [2.24, 2.45) is 17.2 Å². The number of amidine groups is 2. The number of nitrogens with two attached hydrogens (primary N) is 3. The lowest BCUT2D eigenvalue weighted by atomic mass is 9.91. The quantitative estimate of drug-likeness (QED) is 0.252. The lowest BCUT2D eigenvalue weighted by Gasteiger charge is -2.15. The van der Waals surface area contributed by atoms with E-state index in [4.69, 9.17) is 28.0 Å². The summed E-state index contributed by atoms with van der Waals surface area (Å²) >= 11 is 0. The summed E-state index contributed by atoms with van der Waals surface area (Å²) in [6.45, 7) is 0. The first-order valence-electron chi connectivity index (χ1n) is 8.39. The van der Waals surface area contributed by atoms with Gasteiger partial charge in [-0.15, -0.1) is 0 Å². The first-order valence-corrected chi connectivity index (χ1v) is 8.39. The molecule has 9 heteroatoms. The maximum atomic E-state index is 12.6. The molecule has 3 rings (SSSR count). The Hall–Kier alpha value is -4.40. The fourth-order valence-corrected chi connectivity index (χ4v) is 3.08. The molecule has 9 nitrogen and oxygen atoms in total. The van der Waals surface area contributed by atoms with Gasteiger partial charge in [0, 0.05) is 11.1 Å². The highest BCUT2D eigenvalue weighted by Crippen LogP contribution is 2.35. The summed E-state index contributed by atoms with van der Waals surface area (Å²) in [5.74, 6) is -1.89. The fourth-order valence-electron chi connectivity index (χ4n) is 3.08. The number of amides is 1. The highest BCUT2D eigenvalue weighted by molar-refractivity contribution is 6.08. The molecule has 0 spiro atoms. The lowest BCUT2D eigenvalue weighted by Crippen LogP contribution is -2.22. The fraction of sp³-hybridized carbons (Fsp3) is 0. The van der Waals surface area contributed by atoms with Crippen molar-refractivity contribution >= 4 is 17.6 Å². The van der Waals surface area contributed by atoms with Crippen LogP contribution < -0.4 is 22.8 Å². The largest absolute Gasteiger partial charge is 0.494 e. The second-order valence-corrected chi connectivity index (χ2v) is 6.28. The topological polar surface area (TPSA) is 196 Å². The summed E-state index contributed by atoms with van der Waals surface area (Å²) in [7, 11) is 0. The van der Waals surface area contributed by atoms with Crippen LogP contribution in [0.4, 0.5) is 0 Å². The third-order valence-corrected chi connectivity index (χ3v) is 4.37. The summed E-state index contributed by atoms with van der Waals surface area (Å²) in [6.07, 6.45) is 0. The molecule has 0 aliphatic heterocycles. The average Bonchev–Trinajstić information content (AvgIpc) is 2.67. The van der Waals surface area contributed by atoms with Crippen LogP contribution in [0.3, 0.4) is 0 Å². The maximum Gasteiger partial charge on any atom is 0.259 e. The minimum Gasteiger partial charge on any atom is -0.494 e. The summed E-state index contributed by atoms with van der Waals surface area (Å²) in [5, 5.41) is 25.6. The van der Waals surface area contributed by atoms with Crippen LogP contribution in [0.2, 0.25) is 0 Å². The molecule has 2 aromatic carbocycles. The number of primary amides is 1. The number of hydrogen-bond acceptors (Lipinski definition) is 5. The third-order valence-electron chi connectivity index (χ3n) is 4.37. The van der Waals surface area contributed by atoms with Crippen molar-refractivity contribution < 1.29 is 9.90 Å². The Morgan fingerprint density at radius 2 is 1.34 bits per heavy atom. The van der Waals surface area contributed by atoms with E-state index >= 15 is 0 Å². The first-order chi connectivity index (χ1) is 13.7. The van der Waals surface area contributed by atoms with Crippen LogP contribution in [0.25, 0.3) is 22.3 Å². The molecule has 146 valence electrons. The zero-order valence-electron chi connectivity index (χ0n) is 15.1. The van der Waals surface area contributed by atoms with Crippen LogP contribution in [-0.4, -0.2) is 27.7 Å². The standard InChI is InChI=1S/C20H18N6O3/c21-16(22)11-5-1-3-9(7-11)13-15(18(25)27)14(20(29)26-19(13)28)10-4-2-6-12(8-10)17(23)24/h1-8H,(H3,21,22)(H3,23,24)(H2,25,27)(H2,26,28,29). The summed E-state index contributed by atoms with van der Waals surface area (Å²) in [6, 6.07) is 12.5. The molecule has 0 aliphatic carbocycles. The number of aromatic nitrogens is 1. The monoisotopic (exact) mass is 390 g/mol. The van der Waals surface area contributed by atoms with Crippen LogP contribution in [0.15, 0.2) is 53.3 Å². The molecular formula is C20H18N6O3. The van der Waals surface area contributed by atoms with Crippen LogP contribution in [-0.2, 0) is 0 Å². The Morgan fingerprint density at radius 1 is 0.862 bits per heavy atom. The van der Waals surface area contributed by atoms with Gasteiger partial charge >= 0.3 is 0 Å². The smallest absolute Gasteiger partial charge is 0.259 e. The number of aromatic hydroxyl groups is 1.